The van der Waals surface area contributed by atoms with E-state index in [0.29, 0.717) is 11.2 Å². The summed E-state index contributed by atoms with van der Waals surface area (Å²) in [6.07, 6.45) is -0.558. The smallest absolute Gasteiger partial charge is 0.319 e. The van der Waals surface area contributed by atoms with Crippen LogP contribution in [-0.4, -0.2) is 51.0 Å². The molecule has 0 aromatic carbocycles. The van der Waals surface area contributed by atoms with E-state index in [-0.39, 0.29) is 25.4 Å². The SMILES string of the molecule is N#CC1(c2ccc3c(N)ncnn23)CC(O)C(COC(=O)CN)O1. The number of aromatic nitrogens is 3. The Morgan fingerprint density at radius 2 is 2.42 bits per heavy atom. The third-order valence-electron chi connectivity index (χ3n) is 3.93. The molecule has 1 aliphatic rings. The van der Waals surface area contributed by atoms with Gasteiger partial charge in [0.25, 0.3) is 0 Å². The minimum absolute atomic E-state index is 0.00433. The first-order chi connectivity index (χ1) is 11.5. The van der Waals surface area contributed by atoms with Gasteiger partial charge in [0, 0.05) is 6.42 Å². The molecule has 0 bridgehead atoms. The number of anilines is 1. The maximum Gasteiger partial charge on any atom is 0.319 e. The highest BCUT2D eigenvalue weighted by molar-refractivity contribution is 5.71. The summed E-state index contributed by atoms with van der Waals surface area (Å²) in [5, 5.41) is 24.0. The van der Waals surface area contributed by atoms with Crippen LogP contribution in [0.25, 0.3) is 5.52 Å². The third-order valence-corrected chi connectivity index (χ3v) is 3.93. The topological polar surface area (TPSA) is 162 Å². The van der Waals surface area contributed by atoms with Gasteiger partial charge in [-0.1, -0.05) is 0 Å². The molecule has 0 radical (unpaired) electrons. The molecule has 3 rings (SSSR count). The van der Waals surface area contributed by atoms with Crippen molar-refractivity contribution in [3.63, 3.8) is 0 Å². The van der Waals surface area contributed by atoms with Gasteiger partial charge in [-0.25, -0.2) is 9.50 Å². The molecule has 3 atom stereocenters. The van der Waals surface area contributed by atoms with E-state index in [1.807, 2.05) is 0 Å². The van der Waals surface area contributed by atoms with Gasteiger partial charge in [0.05, 0.1) is 18.3 Å². The molecule has 24 heavy (non-hydrogen) atoms. The van der Waals surface area contributed by atoms with E-state index in [1.54, 1.807) is 12.1 Å². The Kier molecular flexibility index (Phi) is 4.06. The summed E-state index contributed by atoms with van der Waals surface area (Å²) in [6, 6.07) is 5.40. The lowest BCUT2D eigenvalue weighted by molar-refractivity contribution is -0.148. The molecule has 1 aliphatic heterocycles. The van der Waals surface area contributed by atoms with Crippen LogP contribution in [0.3, 0.4) is 0 Å². The number of nitrogens with two attached hydrogens (primary N) is 2. The van der Waals surface area contributed by atoms with Crippen molar-refractivity contribution < 1.29 is 19.4 Å². The van der Waals surface area contributed by atoms with Gasteiger partial charge in [-0.3, -0.25) is 4.79 Å². The van der Waals surface area contributed by atoms with Crippen molar-refractivity contribution in [1.29, 1.82) is 5.26 Å². The zero-order valence-corrected chi connectivity index (χ0v) is 12.6. The van der Waals surface area contributed by atoms with Crippen molar-refractivity contribution in [1.82, 2.24) is 14.6 Å². The molecule has 2 aromatic rings. The van der Waals surface area contributed by atoms with Gasteiger partial charge in [0.1, 0.15) is 30.6 Å². The van der Waals surface area contributed by atoms with Crippen LogP contribution in [0.15, 0.2) is 18.5 Å². The number of nitrogens with zero attached hydrogens (tertiary/aromatic N) is 4. The number of hydrogen-bond donors (Lipinski definition) is 3. The van der Waals surface area contributed by atoms with Crippen molar-refractivity contribution in [3.05, 3.63) is 24.2 Å². The first kappa shape index (κ1) is 16.1. The molecular weight excluding hydrogens is 316 g/mol. The van der Waals surface area contributed by atoms with E-state index in [0.717, 1.165) is 0 Å². The Morgan fingerprint density at radius 3 is 3.12 bits per heavy atom. The second-order valence-corrected chi connectivity index (χ2v) is 5.41. The molecule has 3 unspecified atom stereocenters. The van der Waals surface area contributed by atoms with Crippen LogP contribution >= 0.6 is 0 Å². The first-order valence-electron chi connectivity index (χ1n) is 7.22. The minimum Gasteiger partial charge on any atom is -0.462 e. The predicted molar refractivity (Wildman–Crippen MR) is 80.2 cm³/mol. The summed E-state index contributed by atoms with van der Waals surface area (Å²) >= 11 is 0. The zero-order valence-electron chi connectivity index (χ0n) is 12.6. The largest absolute Gasteiger partial charge is 0.462 e. The van der Waals surface area contributed by atoms with E-state index in [2.05, 4.69) is 16.2 Å². The number of nitrogen functional groups attached to an aromatic ring is 1. The van der Waals surface area contributed by atoms with Crippen LogP contribution in [-0.2, 0) is 19.9 Å². The van der Waals surface area contributed by atoms with Crippen molar-refractivity contribution in [2.75, 3.05) is 18.9 Å². The standard InChI is InChI=1S/C14H16N6O4/c15-4-12(22)23-5-10-9(21)3-14(6-16,24-10)11-2-1-8-13(17)18-7-19-20(8)11/h1-2,7,9-10,21H,3-5,15H2,(H2,17,18,19). The lowest BCUT2D eigenvalue weighted by Crippen LogP contribution is -2.31. The maximum atomic E-state index is 11.2. The number of fused-ring (bicyclic) bond motifs is 1. The molecule has 10 nitrogen and oxygen atoms in total. The molecule has 2 aromatic heterocycles. The molecule has 3 heterocycles. The first-order valence-corrected chi connectivity index (χ1v) is 7.22. The van der Waals surface area contributed by atoms with Crippen LogP contribution in [0, 0.1) is 11.3 Å². The molecular formula is C14H16N6O4. The summed E-state index contributed by atoms with van der Waals surface area (Å²) in [7, 11) is 0. The number of carbonyl (C=O) groups is 1. The summed E-state index contributed by atoms with van der Waals surface area (Å²) in [6.45, 7) is -0.465. The van der Waals surface area contributed by atoms with Crippen LogP contribution in [0.4, 0.5) is 5.82 Å². The summed E-state index contributed by atoms with van der Waals surface area (Å²) in [4.78, 5) is 15.1. The van der Waals surface area contributed by atoms with Gasteiger partial charge in [0.15, 0.2) is 11.4 Å². The monoisotopic (exact) mass is 332 g/mol. The highest BCUT2D eigenvalue weighted by atomic mass is 16.6. The number of ether oxygens (including phenoxy) is 2. The van der Waals surface area contributed by atoms with Crippen LogP contribution in [0.5, 0.6) is 0 Å². The van der Waals surface area contributed by atoms with Gasteiger partial charge >= 0.3 is 5.97 Å². The Bertz CT molecular complexity index is 815. The molecule has 126 valence electrons. The average Bonchev–Trinajstić information content (AvgIpc) is 3.15. The van der Waals surface area contributed by atoms with E-state index < -0.39 is 23.8 Å². The second-order valence-electron chi connectivity index (χ2n) is 5.41. The number of nitriles is 1. The minimum atomic E-state index is -1.44. The Hall–Kier alpha value is -2.74. The van der Waals surface area contributed by atoms with Gasteiger partial charge in [-0.2, -0.15) is 10.4 Å². The molecule has 0 amide bonds. The van der Waals surface area contributed by atoms with E-state index in [1.165, 1.54) is 10.8 Å². The lowest BCUT2D eigenvalue weighted by atomic mass is 9.96. The van der Waals surface area contributed by atoms with E-state index in [4.69, 9.17) is 20.9 Å². The Balaban J connectivity index is 1.91. The molecule has 10 heteroatoms. The van der Waals surface area contributed by atoms with Gasteiger partial charge in [0.2, 0.25) is 0 Å². The Labute approximate surface area is 136 Å². The maximum absolute atomic E-state index is 11.2. The highest BCUT2D eigenvalue weighted by Gasteiger charge is 2.50. The van der Waals surface area contributed by atoms with Crippen LogP contribution in [0.2, 0.25) is 0 Å². The fourth-order valence-electron chi connectivity index (χ4n) is 2.74. The number of esters is 1. The molecule has 0 saturated carbocycles. The van der Waals surface area contributed by atoms with Crippen LogP contribution in [0.1, 0.15) is 12.1 Å². The summed E-state index contributed by atoms with van der Waals surface area (Å²) in [5.74, 6) is -0.356. The molecule has 0 aliphatic carbocycles. The normalized spacial score (nSPS) is 26.4. The molecule has 5 N–H and O–H groups in total. The van der Waals surface area contributed by atoms with Gasteiger partial charge in [-0.05, 0) is 12.1 Å². The fourth-order valence-corrected chi connectivity index (χ4v) is 2.74. The van der Waals surface area contributed by atoms with Crippen molar-refractivity contribution in [3.8, 4) is 6.07 Å². The van der Waals surface area contributed by atoms with Crippen LogP contribution < -0.4 is 11.5 Å². The summed E-state index contributed by atoms with van der Waals surface area (Å²) < 4.78 is 12.1. The number of rotatable bonds is 4. The lowest BCUT2D eigenvalue weighted by Gasteiger charge is -2.21. The zero-order chi connectivity index (χ0) is 17.3. The predicted octanol–water partition coefficient (Wildman–Crippen LogP) is -1.32. The Morgan fingerprint density at radius 1 is 1.62 bits per heavy atom. The van der Waals surface area contributed by atoms with Gasteiger partial charge in [-0.15, -0.1) is 0 Å². The van der Waals surface area contributed by atoms with Crippen molar-refractivity contribution in [2.24, 2.45) is 5.73 Å². The molecule has 1 saturated heterocycles. The molecule has 1 fully saturated rings. The van der Waals surface area contributed by atoms with E-state index in [9.17, 15) is 15.2 Å². The van der Waals surface area contributed by atoms with Crippen molar-refractivity contribution in [2.45, 2.75) is 24.2 Å². The summed E-state index contributed by atoms with van der Waals surface area (Å²) in [5.41, 5.74) is 10.5. The third kappa shape index (κ3) is 2.54. The fraction of sp³-hybridized carbons (Fsp3) is 0.429. The second kappa shape index (κ2) is 6.04. The number of aliphatic hydroxyl groups is 1. The van der Waals surface area contributed by atoms with Gasteiger partial charge < -0.3 is 26.0 Å². The van der Waals surface area contributed by atoms with E-state index >= 15 is 0 Å². The highest BCUT2D eigenvalue weighted by Crippen LogP contribution is 2.40. The number of aliphatic hydroxyl groups excluding tert-OH is 1. The van der Waals surface area contributed by atoms with Crippen molar-refractivity contribution >= 4 is 17.3 Å². The number of carbonyl (C=O) groups excluding carboxylic acids is 1. The quantitative estimate of drug-likeness (QED) is 0.576. The average molecular weight is 332 g/mol. The number of hydrogen-bond acceptors (Lipinski definition) is 9. The molecule has 0 spiro atoms.